The first-order chi connectivity index (χ1) is 13.6. The van der Waals surface area contributed by atoms with Crippen molar-refractivity contribution in [3.8, 4) is 0 Å². The first-order valence-electron chi connectivity index (χ1n) is 11.9. The molecule has 0 saturated heterocycles. The topological polar surface area (TPSA) is 57.5 Å². The molecule has 4 aliphatic rings. The van der Waals surface area contributed by atoms with Gasteiger partial charge >= 0.3 is 0 Å². The van der Waals surface area contributed by atoms with E-state index >= 15 is 0 Å². The summed E-state index contributed by atoms with van der Waals surface area (Å²) in [5.74, 6) is 2.46. The van der Waals surface area contributed by atoms with Crippen LogP contribution in [-0.4, -0.2) is 28.2 Å². The number of aliphatic hydroxyl groups is 2. The lowest BCUT2D eigenvalue weighted by molar-refractivity contribution is -0.119. The molecule has 0 amide bonds. The van der Waals surface area contributed by atoms with Crippen molar-refractivity contribution in [2.75, 3.05) is 0 Å². The Balaban J connectivity index is 1.54. The summed E-state index contributed by atoms with van der Waals surface area (Å²) < 4.78 is 0. The van der Waals surface area contributed by atoms with Crippen LogP contribution in [0.1, 0.15) is 85.5 Å². The Hall–Kier alpha value is -0.930. The molecule has 0 aromatic heterocycles. The third-order valence-corrected chi connectivity index (χ3v) is 9.47. The van der Waals surface area contributed by atoms with Crippen LogP contribution in [0, 0.1) is 34.5 Å². The van der Waals surface area contributed by atoms with Crippen LogP contribution in [0.3, 0.4) is 0 Å². The Labute approximate surface area is 176 Å². The van der Waals surface area contributed by atoms with E-state index < -0.39 is 6.10 Å². The number of ketones is 1. The van der Waals surface area contributed by atoms with Gasteiger partial charge in [0, 0.05) is 6.42 Å². The van der Waals surface area contributed by atoms with Crippen LogP contribution in [0.5, 0.6) is 0 Å². The van der Waals surface area contributed by atoms with Gasteiger partial charge in [-0.3, -0.25) is 4.79 Å². The fourth-order valence-corrected chi connectivity index (χ4v) is 7.97. The number of allylic oxidation sites excluding steroid dienone is 3. The molecule has 4 rings (SSSR count). The zero-order valence-corrected chi connectivity index (χ0v) is 18.8. The molecular weight excluding hydrogens is 360 g/mol. The molecule has 3 nitrogen and oxygen atoms in total. The summed E-state index contributed by atoms with van der Waals surface area (Å²) in [5, 5.41) is 20.5. The summed E-state index contributed by atoms with van der Waals surface area (Å²) in [6.07, 6.45) is 13.1. The van der Waals surface area contributed by atoms with Crippen molar-refractivity contribution < 1.29 is 15.0 Å². The molecule has 3 fully saturated rings. The second-order valence-corrected chi connectivity index (χ2v) is 11.3. The van der Waals surface area contributed by atoms with Gasteiger partial charge < -0.3 is 10.2 Å². The largest absolute Gasteiger partial charge is 0.393 e. The van der Waals surface area contributed by atoms with Gasteiger partial charge in [0.1, 0.15) is 5.78 Å². The maximum Gasteiger partial charge on any atom is 0.132 e. The van der Waals surface area contributed by atoms with Gasteiger partial charge in [0.2, 0.25) is 0 Å². The number of hydrogen-bond donors (Lipinski definition) is 2. The smallest absolute Gasteiger partial charge is 0.132 e. The molecule has 162 valence electrons. The van der Waals surface area contributed by atoms with Crippen LogP contribution in [0.4, 0.5) is 0 Å². The van der Waals surface area contributed by atoms with Crippen LogP contribution < -0.4 is 0 Å². The molecule has 0 heterocycles. The molecule has 4 aliphatic carbocycles. The van der Waals surface area contributed by atoms with E-state index in [-0.39, 0.29) is 17.3 Å². The number of rotatable bonds is 5. The first-order valence-corrected chi connectivity index (χ1v) is 11.9. The van der Waals surface area contributed by atoms with Gasteiger partial charge in [-0.1, -0.05) is 44.1 Å². The number of Topliss-reactive ketones (excluding diaryl/α,β-unsaturated/α-hetero) is 1. The summed E-state index contributed by atoms with van der Waals surface area (Å²) in [5.41, 5.74) is 3.71. The summed E-state index contributed by atoms with van der Waals surface area (Å²) in [4.78, 5) is 11.4. The Morgan fingerprint density at radius 2 is 1.90 bits per heavy atom. The molecule has 29 heavy (non-hydrogen) atoms. The minimum Gasteiger partial charge on any atom is -0.393 e. The van der Waals surface area contributed by atoms with E-state index in [0.29, 0.717) is 35.5 Å². The van der Waals surface area contributed by atoms with Gasteiger partial charge in [-0.25, -0.2) is 0 Å². The number of fused-ring (bicyclic) bond motifs is 5. The molecule has 8 atom stereocenters. The Kier molecular flexibility index (Phi) is 5.61. The Morgan fingerprint density at radius 1 is 1.14 bits per heavy atom. The van der Waals surface area contributed by atoms with E-state index in [1.54, 1.807) is 12.5 Å². The van der Waals surface area contributed by atoms with E-state index in [2.05, 4.69) is 32.9 Å². The summed E-state index contributed by atoms with van der Waals surface area (Å²) in [7, 11) is 0. The standard InChI is InChI=1S/C26H40O3/c1-16(13-20(29)14-17(2)27)22-7-8-23-21-6-5-18-15-19(28)9-11-25(18,3)24(21)10-12-26(22,23)4/h5-6,16,19-20,22-24,28-29H,7-15H2,1-4H3. The zero-order valence-electron chi connectivity index (χ0n) is 18.8. The van der Waals surface area contributed by atoms with Gasteiger partial charge in [-0.2, -0.15) is 0 Å². The van der Waals surface area contributed by atoms with Gasteiger partial charge in [-0.05, 0) is 92.8 Å². The molecule has 3 heteroatoms. The number of hydrogen-bond acceptors (Lipinski definition) is 3. The van der Waals surface area contributed by atoms with E-state index in [4.69, 9.17) is 0 Å². The van der Waals surface area contributed by atoms with Gasteiger partial charge in [0.05, 0.1) is 12.2 Å². The average molecular weight is 401 g/mol. The zero-order chi connectivity index (χ0) is 21.0. The van der Waals surface area contributed by atoms with Crippen LogP contribution in [0.15, 0.2) is 23.3 Å². The summed E-state index contributed by atoms with van der Waals surface area (Å²) in [6, 6.07) is 0. The molecule has 0 spiro atoms. The third kappa shape index (κ3) is 3.57. The van der Waals surface area contributed by atoms with Crippen molar-refractivity contribution in [1.82, 2.24) is 0 Å². The lowest BCUT2D eigenvalue weighted by Gasteiger charge is -2.55. The van der Waals surface area contributed by atoms with E-state index in [1.165, 1.54) is 31.3 Å². The van der Waals surface area contributed by atoms with Crippen molar-refractivity contribution in [3.05, 3.63) is 23.3 Å². The summed E-state index contributed by atoms with van der Waals surface area (Å²) in [6.45, 7) is 8.83. The SMILES string of the molecule is CC(=O)CC(O)CC(C)C1CCC2C3=CC=C4CC(O)CCC4(C)C3CCC21C. The molecule has 3 saturated carbocycles. The molecule has 0 aromatic rings. The predicted octanol–water partition coefficient (Wildman–Crippen LogP) is 5.21. The first kappa shape index (κ1) is 21.3. The molecule has 0 bridgehead atoms. The minimum absolute atomic E-state index is 0.0847. The molecule has 8 unspecified atom stereocenters. The highest BCUT2D eigenvalue weighted by atomic mass is 16.3. The van der Waals surface area contributed by atoms with Gasteiger partial charge in [0.25, 0.3) is 0 Å². The molecule has 0 aromatic carbocycles. The van der Waals surface area contributed by atoms with Gasteiger partial charge in [0.15, 0.2) is 0 Å². The quantitative estimate of drug-likeness (QED) is 0.666. The number of aliphatic hydroxyl groups excluding tert-OH is 2. The highest BCUT2D eigenvalue weighted by Gasteiger charge is 2.57. The molecule has 2 N–H and O–H groups in total. The Morgan fingerprint density at radius 3 is 2.62 bits per heavy atom. The van der Waals surface area contributed by atoms with Crippen LogP contribution in [0.25, 0.3) is 0 Å². The fourth-order valence-electron chi connectivity index (χ4n) is 7.97. The van der Waals surface area contributed by atoms with Crippen LogP contribution in [-0.2, 0) is 4.79 Å². The van der Waals surface area contributed by atoms with Crippen LogP contribution >= 0.6 is 0 Å². The molecular formula is C26H40O3. The van der Waals surface area contributed by atoms with E-state index in [0.717, 1.165) is 25.7 Å². The third-order valence-electron chi connectivity index (χ3n) is 9.47. The summed E-state index contributed by atoms with van der Waals surface area (Å²) >= 11 is 0. The fraction of sp³-hybridized carbons (Fsp3) is 0.808. The van der Waals surface area contributed by atoms with Crippen molar-refractivity contribution >= 4 is 5.78 Å². The maximum atomic E-state index is 11.4. The Bertz CT molecular complexity index is 721. The van der Waals surface area contributed by atoms with Gasteiger partial charge in [-0.15, -0.1) is 0 Å². The molecule has 0 radical (unpaired) electrons. The monoisotopic (exact) mass is 400 g/mol. The number of carbonyl (C=O) groups is 1. The second kappa shape index (κ2) is 7.64. The highest BCUT2D eigenvalue weighted by molar-refractivity contribution is 5.75. The van der Waals surface area contributed by atoms with Crippen molar-refractivity contribution in [3.63, 3.8) is 0 Å². The highest BCUT2D eigenvalue weighted by Crippen LogP contribution is 2.66. The average Bonchev–Trinajstić information content (AvgIpc) is 2.99. The maximum absolute atomic E-state index is 11.4. The van der Waals surface area contributed by atoms with Crippen LogP contribution in [0.2, 0.25) is 0 Å². The van der Waals surface area contributed by atoms with Crippen molar-refractivity contribution in [2.45, 2.75) is 97.7 Å². The lowest BCUT2D eigenvalue weighted by Crippen LogP contribution is -2.46. The van der Waals surface area contributed by atoms with E-state index in [9.17, 15) is 15.0 Å². The lowest BCUT2D eigenvalue weighted by atomic mass is 9.50. The van der Waals surface area contributed by atoms with Crippen molar-refractivity contribution in [2.24, 2.45) is 34.5 Å². The van der Waals surface area contributed by atoms with E-state index in [1.807, 2.05) is 0 Å². The number of carbonyl (C=O) groups excluding carboxylic acids is 1. The van der Waals surface area contributed by atoms with Crippen molar-refractivity contribution in [1.29, 1.82) is 0 Å². The molecule has 0 aliphatic heterocycles. The second-order valence-electron chi connectivity index (χ2n) is 11.3. The minimum atomic E-state index is -0.492. The normalized spacial score (nSPS) is 43.4. The predicted molar refractivity (Wildman–Crippen MR) is 116 cm³/mol.